The van der Waals surface area contributed by atoms with E-state index >= 15 is 0 Å². The number of non-ortho nitro benzene ring substituents is 1. The molecular formula is C16H25N3O4. The Morgan fingerprint density at radius 1 is 1.35 bits per heavy atom. The number of anilines is 1. The van der Waals surface area contributed by atoms with Crippen LogP contribution in [-0.4, -0.2) is 34.6 Å². The van der Waals surface area contributed by atoms with E-state index in [4.69, 9.17) is 0 Å². The highest BCUT2D eigenvalue weighted by atomic mass is 16.6. The highest BCUT2D eigenvalue weighted by Gasteiger charge is 2.13. The average Bonchev–Trinajstić information content (AvgIpc) is 2.44. The Labute approximate surface area is 136 Å². The van der Waals surface area contributed by atoms with Crippen LogP contribution in [-0.2, 0) is 4.79 Å². The van der Waals surface area contributed by atoms with Crippen molar-refractivity contribution in [1.29, 1.82) is 0 Å². The molecule has 1 aromatic rings. The van der Waals surface area contributed by atoms with E-state index in [1.807, 2.05) is 20.8 Å². The number of carbonyl (C=O) groups is 1. The molecule has 3 N–H and O–H groups in total. The van der Waals surface area contributed by atoms with Crippen molar-refractivity contribution in [1.82, 2.24) is 5.32 Å². The minimum Gasteiger partial charge on any atom is -0.392 e. The molecule has 0 aliphatic rings. The molecule has 0 saturated carbocycles. The van der Waals surface area contributed by atoms with Crippen molar-refractivity contribution >= 4 is 17.3 Å². The molecule has 0 aliphatic heterocycles. The number of benzene rings is 1. The van der Waals surface area contributed by atoms with Gasteiger partial charge in [0.15, 0.2) is 0 Å². The van der Waals surface area contributed by atoms with E-state index in [1.165, 1.54) is 18.2 Å². The number of nitro groups is 1. The van der Waals surface area contributed by atoms with Crippen LogP contribution in [0.15, 0.2) is 24.3 Å². The van der Waals surface area contributed by atoms with Crippen LogP contribution in [0, 0.1) is 16.0 Å². The molecule has 2 unspecified atom stereocenters. The Morgan fingerprint density at radius 2 is 2.04 bits per heavy atom. The third kappa shape index (κ3) is 7.71. The zero-order chi connectivity index (χ0) is 17.4. The standard InChI is InChI=1S/C16H25N3O4/c1-11(2)7-15(20)10-17-12(3)8-16(21)18-13-5-4-6-14(9-13)19(22)23/h4-6,9,11-12,15,17,20H,7-8,10H2,1-3H3,(H,18,21). The molecular weight excluding hydrogens is 298 g/mol. The van der Waals surface area contributed by atoms with Crippen molar-refractivity contribution in [2.45, 2.75) is 45.8 Å². The average molecular weight is 323 g/mol. The molecule has 7 nitrogen and oxygen atoms in total. The van der Waals surface area contributed by atoms with Crippen molar-refractivity contribution in [3.8, 4) is 0 Å². The van der Waals surface area contributed by atoms with Crippen LogP contribution in [0.5, 0.6) is 0 Å². The van der Waals surface area contributed by atoms with Gasteiger partial charge in [0.25, 0.3) is 5.69 Å². The maximum absolute atomic E-state index is 11.9. The van der Waals surface area contributed by atoms with E-state index in [0.29, 0.717) is 24.6 Å². The first kappa shape index (κ1) is 19.1. The van der Waals surface area contributed by atoms with Crippen LogP contribution in [0.4, 0.5) is 11.4 Å². The summed E-state index contributed by atoms with van der Waals surface area (Å²) in [7, 11) is 0. The van der Waals surface area contributed by atoms with Gasteiger partial charge in [-0.15, -0.1) is 0 Å². The Morgan fingerprint density at radius 3 is 2.65 bits per heavy atom. The minimum absolute atomic E-state index is 0.0641. The highest BCUT2D eigenvalue weighted by molar-refractivity contribution is 5.91. The summed E-state index contributed by atoms with van der Waals surface area (Å²) in [4.78, 5) is 22.1. The molecule has 0 heterocycles. The maximum Gasteiger partial charge on any atom is 0.271 e. The van der Waals surface area contributed by atoms with E-state index in [1.54, 1.807) is 6.07 Å². The van der Waals surface area contributed by atoms with Gasteiger partial charge in [0.05, 0.1) is 11.0 Å². The number of nitro benzene ring substituents is 1. The maximum atomic E-state index is 11.9. The normalized spacial score (nSPS) is 13.6. The summed E-state index contributed by atoms with van der Waals surface area (Å²) in [6, 6.07) is 5.72. The van der Waals surface area contributed by atoms with Crippen LogP contribution < -0.4 is 10.6 Å². The van der Waals surface area contributed by atoms with Crippen molar-refractivity contribution < 1.29 is 14.8 Å². The first-order valence-electron chi connectivity index (χ1n) is 7.73. The third-order valence-electron chi connectivity index (χ3n) is 3.28. The molecule has 0 aliphatic carbocycles. The third-order valence-corrected chi connectivity index (χ3v) is 3.28. The minimum atomic E-state index is -0.504. The smallest absolute Gasteiger partial charge is 0.271 e. The summed E-state index contributed by atoms with van der Waals surface area (Å²) in [5.41, 5.74) is 0.335. The number of amides is 1. The number of nitrogens with zero attached hydrogens (tertiary/aromatic N) is 1. The highest BCUT2D eigenvalue weighted by Crippen LogP contribution is 2.17. The lowest BCUT2D eigenvalue weighted by Crippen LogP contribution is -2.36. The van der Waals surface area contributed by atoms with E-state index in [9.17, 15) is 20.0 Å². The second-order valence-corrected chi connectivity index (χ2v) is 6.15. The predicted molar refractivity (Wildman–Crippen MR) is 89.3 cm³/mol. The van der Waals surface area contributed by atoms with Gasteiger partial charge < -0.3 is 15.7 Å². The summed E-state index contributed by atoms with van der Waals surface area (Å²) in [5.74, 6) is 0.183. The van der Waals surface area contributed by atoms with Gasteiger partial charge in [-0.25, -0.2) is 0 Å². The SMILES string of the molecule is CC(C)CC(O)CNC(C)CC(=O)Nc1cccc([N+](=O)[O-])c1. The van der Waals surface area contributed by atoms with Gasteiger partial charge in [0.2, 0.25) is 5.91 Å². The lowest BCUT2D eigenvalue weighted by molar-refractivity contribution is -0.384. The van der Waals surface area contributed by atoms with Crippen molar-refractivity contribution in [3.63, 3.8) is 0 Å². The van der Waals surface area contributed by atoms with E-state index < -0.39 is 11.0 Å². The molecule has 1 amide bonds. The Balaban J connectivity index is 2.41. The zero-order valence-corrected chi connectivity index (χ0v) is 13.8. The lowest BCUT2D eigenvalue weighted by Gasteiger charge is -2.18. The number of aliphatic hydroxyl groups excluding tert-OH is 1. The fraction of sp³-hybridized carbons (Fsp3) is 0.562. The number of hydrogen-bond acceptors (Lipinski definition) is 5. The number of rotatable bonds is 9. The molecule has 2 atom stereocenters. The molecule has 0 aromatic heterocycles. The number of aliphatic hydroxyl groups is 1. The summed E-state index contributed by atoms with van der Waals surface area (Å²) < 4.78 is 0. The molecule has 0 bridgehead atoms. The zero-order valence-electron chi connectivity index (χ0n) is 13.8. The molecule has 23 heavy (non-hydrogen) atoms. The van der Waals surface area contributed by atoms with Crippen LogP contribution >= 0.6 is 0 Å². The Kier molecular flexibility index (Phi) is 7.64. The Hall–Kier alpha value is -1.99. The molecule has 1 rings (SSSR count). The molecule has 7 heteroatoms. The number of carbonyl (C=O) groups excluding carboxylic acids is 1. The van der Waals surface area contributed by atoms with Gasteiger partial charge in [0.1, 0.15) is 0 Å². The largest absolute Gasteiger partial charge is 0.392 e. The summed E-state index contributed by atoms with van der Waals surface area (Å²) in [5, 5.41) is 26.3. The predicted octanol–water partition coefficient (Wildman–Crippen LogP) is 2.31. The fourth-order valence-corrected chi connectivity index (χ4v) is 2.22. The first-order chi connectivity index (χ1) is 10.8. The second kappa shape index (κ2) is 9.22. The van der Waals surface area contributed by atoms with Gasteiger partial charge >= 0.3 is 0 Å². The van der Waals surface area contributed by atoms with Crippen molar-refractivity contribution in [3.05, 3.63) is 34.4 Å². The van der Waals surface area contributed by atoms with Crippen LogP contribution in [0.1, 0.15) is 33.6 Å². The molecule has 0 saturated heterocycles. The van der Waals surface area contributed by atoms with E-state index in [2.05, 4.69) is 10.6 Å². The van der Waals surface area contributed by atoms with Crippen LogP contribution in [0.25, 0.3) is 0 Å². The molecule has 128 valence electrons. The fourth-order valence-electron chi connectivity index (χ4n) is 2.22. The molecule has 0 fully saturated rings. The van der Waals surface area contributed by atoms with Gasteiger partial charge in [-0.2, -0.15) is 0 Å². The van der Waals surface area contributed by atoms with Gasteiger partial charge in [-0.05, 0) is 25.3 Å². The number of hydrogen-bond donors (Lipinski definition) is 3. The number of nitrogens with one attached hydrogen (secondary N) is 2. The quantitative estimate of drug-likeness (QED) is 0.478. The summed E-state index contributed by atoms with van der Waals surface area (Å²) in [6.45, 7) is 6.37. The van der Waals surface area contributed by atoms with Gasteiger partial charge in [-0.3, -0.25) is 14.9 Å². The molecule has 1 aromatic carbocycles. The Bertz CT molecular complexity index is 534. The van der Waals surface area contributed by atoms with Crippen LogP contribution in [0.3, 0.4) is 0 Å². The summed E-state index contributed by atoms with van der Waals surface area (Å²) in [6.07, 6.45) is 0.494. The topological polar surface area (TPSA) is 104 Å². The second-order valence-electron chi connectivity index (χ2n) is 6.15. The monoisotopic (exact) mass is 323 g/mol. The van der Waals surface area contributed by atoms with E-state index in [0.717, 1.165) is 0 Å². The summed E-state index contributed by atoms with van der Waals surface area (Å²) >= 11 is 0. The molecule has 0 radical (unpaired) electrons. The van der Waals surface area contributed by atoms with Gasteiger partial charge in [-0.1, -0.05) is 19.9 Å². The van der Waals surface area contributed by atoms with Crippen molar-refractivity contribution in [2.24, 2.45) is 5.92 Å². The first-order valence-corrected chi connectivity index (χ1v) is 7.73. The lowest BCUT2D eigenvalue weighted by atomic mass is 10.1. The molecule has 0 spiro atoms. The van der Waals surface area contributed by atoms with Crippen LogP contribution in [0.2, 0.25) is 0 Å². The van der Waals surface area contributed by atoms with Gasteiger partial charge in [0, 0.05) is 36.8 Å². The van der Waals surface area contributed by atoms with Crippen molar-refractivity contribution in [2.75, 3.05) is 11.9 Å². The van der Waals surface area contributed by atoms with E-state index in [-0.39, 0.29) is 24.1 Å².